The molecular formula is C42H28N2. The number of fused-ring (bicyclic) bond motifs is 9. The van der Waals surface area contributed by atoms with Crippen LogP contribution in [0.3, 0.4) is 0 Å². The van der Waals surface area contributed by atoms with Crippen molar-refractivity contribution in [2.45, 2.75) is 12.1 Å². The Morgan fingerprint density at radius 1 is 0.295 bits per heavy atom. The zero-order valence-corrected chi connectivity index (χ0v) is 24.1. The van der Waals surface area contributed by atoms with E-state index in [-0.39, 0.29) is 12.1 Å². The molecule has 2 heterocycles. The first-order valence-corrected chi connectivity index (χ1v) is 15.4. The van der Waals surface area contributed by atoms with Crippen molar-refractivity contribution in [1.82, 2.24) is 0 Å². The van der Waals surface area contributed by atoms with Crippen LogP contribution < -0.4 is 9.80 Å². The lowest BCUT2D eigenvalue weighted by molar-refractivity contribution is 0.634. The second-order valence-corrected chi connectivity index (χ2v) is 12.2. The molecule has 0 fully saturated rings. The van der Waals surface area contributed by atoms with Crippen LogP contribution in [0, 0.1) is 0 Å². The van der Waals surface area contributed by atoms with E-state index in [0.717, 1.165) is 0 Å². The highest BCUT2D eigenvalue weighted by atomic mass is 15.3. The third-order valence-electron chi connectivity index (χ3n) is 9.82. The van der Waals surface area contributed by atoms with Crippen molar-refractivity contribution < 1.29 is 0 Å². The molecule has 8 aromatic carbocycles. The highest BCUT2D eigenvalue weighted by Gasteiger charge is 2.50. The Hall–Kier alpha value is -5.60. The highest BCUT2D eigenvalue weighted by Crippen LogP contribution is 2.63. The van der Waals surface area contributed by atoms with Gasteiger partial charge in [0, 0.05) is 33.9 Å². The van der Waals surface area contributed by atoms with Gasteiger partial charge in [-0.1, -0.05) is 109 Å². The monoisotopic (exact) mass is 560 g/mol. The number of rotatable bonds is 2. The average Bonchev–Trinajstić information content (AvgIpc) is 3.57. The number of anilines is 4. The molecule has 0 saturated carbocycles. The molecule has 0 spiro atoms. The van der Waals surface area contributed by atoms with E-state index in [1.807, 2.05) is 0 Å². The fourth-order valence-electron chi connectivity index (χ4n) is 7.84. The van der Waals surface area contributed by atoms with Crippen molar-refractivity contribution in [2.24, 2.45) is 0 Å². The third-order valence-corrected chi connectivity index (χ3v) is 9.82. The zero-order valence-electron chi connectivity index (χ0n) is 24.1. The molecule has 2 nitrogen and oxygen atoms in total. The van der Waals surface area contributed by atoms with Gasteiger partial charge in [0.15, 0.2) is 0 Å². The largest absolute Gasteiger partial charge is 0.331 e. The summed E-state index contributed by atoms with van der Waals surface area (Å²) in [6, 6.07) is 58.8. The van der Waals surface area contributed by atoms with Gasteiger partial charge in [0.1, 0.15) is 0 Å². The molecule has 0 saturated heterocycles. The molecule has 0 bridgehead atoms. The Labute approximate surface area is 256 Å². The van der Waals surface area contributed by atoms with Crippen molar-refractivity contribution in [1.29, 1.82) is 0 Å². The topological polar surface area (TPSA) is 6.48 Å². The molecule has 2 heteroatoms. The Morgan fingerprint density at radius 3 is 1.00 bits per heavy atom. The number of hydrogen-bond donors (Lipinski definition) is 0. The normalized spacial score (nSPS) is 17.0. The van der Waals surface area contributed by atoms with Crippen LogP contribution in [0.25, 0.3) is 43.1 Å². The van der Waals surface area contributed by atoms with Crippen LogP contribution in [0.15, 0.2) is 158 Å². The van der Waals surface area contributed by atoms with Crippen molar-refractivity contribution in [2.75, 3.05) is 9.80 Å². The van der Waals surface area contributed by atoms with Crippen LogP contribution in [-0.2, 0) is 0 Å². The van der Waals surface area contributed by atoms with Gasteiger partial charge in [0.2, 0.25) is 0 Å². The Morgan fingerprint density at radius 2 is 0.614 bits per heavy atom. The standard InChI is InChI=1S/C42H28N2/c1-3-11-29-21-35(19-17-27(29)9-1)43-39-25-33-15-7-5-13-31(33)23-37(39)42-41(43)38-24-32-14-6-8-16-34(32)26-40(38)44(42)36-20-18-28-10-2-4-12-30(28)22-36/h1-26,41-42H. The molecule has 2 unspecified atom stereocenters. The molecule has 2 aliphatic heterocycles. The summed E-state index contributed by atoms with van der Waals surface area (Å²) in [6.07, 6.45) is 0. The summed E-state index contributed by atoms with van der Waals surface area (Å²) >= 11 is 0. The van der Waals surface area contributed by atoms with E-state index >= 15 is 0 Å². The van der Waals surface area contributed by atoms with E-state index in [1.165, 1.54) is 77.0 Å². The maximum absolute atomic E-state index is 2.62. The van der Waals surface area contributed by atoms with Crippen molar-refractivity contribution in [3.05, 3.63) is 169 Å². The van der Waals surface area contributed by atoms with Crippen LogP contribution in [0.2, 0.25) is 0 Å². The lowest BCUT2D eigenvalue weighted by Gasteiger charge is -2.29. The Bertz CT molecular complexity index is 2270. The van der Waals surface area contributed by atoms with E-state index in [2.05, 4.69) is 168 Å². The molecule has 206 valence electrons. The van der Waals surface area contributed by atoms with Crippen molar-refractivity contribution >= 4 is 65.8 Å². The summed E-state index contributed by atoms with van der Waals surface area (Å²) < 4.78 is 0. The van der Waals surface area contributed by atoms with Gasteiger partial charge in [0.05, 0.1) is 12.1 Å². The van der Waals surface area contributed by atoms with E-state index in [4.69, 9.17) is 0 Å². The van der Waals surface area contributed by atoms with Crippen LogP contribution in [0.4, 0.5) is 22.7 Å². The molecule has 2 aliphatic rings. The fourth-order valence-corrected chi connectivity index (χ4v) is 7.84. The number of nitrogens with zero attached hydrogens (tertiary/aromatic N) is 2. The first kappa shape index (κ1) is 23.9. The SMILES string of the molecule is c1ccc2cc(N3c4cc5ccccc5cc4C4C3c3cc5ccccc5cc3N4c3ccc4ccccc4c3)ccc2c1. The molecule has 10 rings (SSSR count). The average molecular weight is 561 g/mol. The first-order chi connectivity index (χ1) is 21.8. The summed E-state index contributed by atoms with van der Waals surface area (Å²) in [5.74, 6) is 0. The van der Waals surface area contributed by atoms with Crippen LogP contribution >= 0.6 is 0 Å². The maximum atomic E-state index is 2.62. The second kappa shape index (κ2) is 8.95. The molecule has 0 amide bonds. The predicted octanol–water partition coefficient (Wildman–Crippen LogP) is 11.4. The van der Waals surface area contributed by atoms with Crippen molar-refractivity contribution in [3.63, 3.8) is 0 Å². The zero-order chi connectivity index (χ0) is 28.8. The van der Waals surface area contributed by atoms with Gasteiger partial charge in [-0.15, -0.1) is 0 Å². The Balaban J connectivity index is 1.29. The Kier molecular flexibility index (Phi) is 4.86. The number of hydrogen-bond acceptors (Lipinski definition) is 2. The fraction of sp³-hybridized carbons (Fsp3) is 0.0476. The molecule has 8 aromatic rings. The van der Waals surface area contributed by atoms with Crippen LogP contribution in [-0.4, -0.2) is 0 Å². The van der Waals surface area contributed by atoms with Gasteiger partial charge in [-0.3, -0.25) is 0 Å². The summed E-state index contributed by atoms with van der Waals surface area (Å²) in [7, 11) is 0. The lowest BCUT2D eigenvalue weighted by atomic mass is 9.97. The summed E-state index contributed by atoms with van der Waals surface area (Å²) in [4.78, 5) is 5.24. The minimum atomic E-state index is 0.119. The summed E-state index contributed by atoms with van der Waals surface area (Å²) in [5, 5.41) is 10.2. The minimum Gasteiger partial charge on any atom is -0.331 e. The smallest absolute Gasteiger partial charge is 0.0862 e. The first-order valence-electron chi connectivity index (χ1n) is 15.4. The predicted molar refractivity (Wildman–Crippen MR) is 186 cm³/mol. The van der Waals surface area contributed by atoms with E-state index in [0.29, 0.717) is 0 Å². The van der Waals surface area contributed by atoms with Gasteiger partial charge in [-0.05, 0) is 91.6 Å². The van der Waals surface area contributed by atoms with Gasteiger partial charge in [-0.25, -0.2) is 0 Å². The van der Waals surface area contributed by atoms with E-state index in [1.54, 1.807) is 0 Å². The third kappa shape index (κ3) is 3.37. The molecule has 0 aliphatic carbocycles. The van der Waals surface area contributed by atoms with Crippen molar-refractivity contribution in [3.8, 4) is 0 Å². The second-order valence-electron chi connectivity index (χ2n) is 12.2. The summed E-state index contributed by atoms with van der Waals surface area (Å²) in [6.45, 7) is 0. The van der Waals surface area contributed by atoms with Gasteiger partial charge in [0.25, 0.3) is 0 Å². The quantitative estimate of drug-likeness (QED) is 0.207. The molecule has 0 radical (unpaired) electrons. The molecule has 44 heavy (non-hydrogen) atoms. The van der Waals surface area contributed by atoms with Gasteiger partial charge in [-0.2, -0.15) is 0 Å². The molecule has 2 atom stereocenters. The van der Waals surface area contributed by atoms with E-state index in [9.17, 15) is 0 Å². The van der Waals surface area contributed by atoms with Crippen LogP contribution in [0.1, 0.15) is 23.2 Å². The van der Waals surface area contributed by atoms with Gasteiger partial charge >= 0.3 is 0 Å². The van der Waals surface area contributed by atoms with Crippen LogP contribution in [0.5, 0.6) is 0 Å². The molecule has 0 N–H and O–H groups in total. The number of benzene rings is 8. The highest BCUT2D eigenvalue weighted by molar-refractivity contribution is 5.98. The molecule has 0 aromatic heterocycles. The maximum Gasteiger partial charge on any atom is 0.0862 e. The van der Waals surface area contributed by atoms with E-state index < -0.39 is 0 Å². The lowest BCUT2D eigenvalue weighted by Crippen LogP contribution is -2.24. The minimum absolute atomic E-state index is 0.119. The summed E-state index contributed by atoms with van der Waals surface area (Å²) in [5.41, 5.74) is 7.78. The van der Waals surface area contributed by atoms with Gasteiger partial charge < -0.3 is 9.80 Å². The molecular weight excluding hydrogens is 532 g/mol.